The maximum absolute atomic E-state index is 6.14. The van der Waals surface area contributed by atoms with Crippen molar-refractivity contribution in [2.75, 3.05) is 13.3 Å². The van der Waals surface area contributed by atoms with Crippen LogP contribution < -0.4 is 15.2 Å². The summed E-state index contributed by atoms with van der Waals surface area (Å²) in [6.45, 7) is 0.788. The zero-order valence-electron chi connectivity index (χ0n) is 9.57. The van der Waals surface area contributed by atoms with Crippen molar-refractivity contribution in [3.05, 3.63) is 29.2 Å². The number of aromatic amines is 1. The molecule has 0 atom stereocenters. The molecule has 0 bridgehead atoms. The highest BCUT2D eigenvalue weighted by atomic mass is 35.5. The minimum atomic E-state index is 0.255. The van der Waals surface area contributed by atoms with E-state index < -0.39 is 0 Å². The van der Waals surface area contributed by atoms with Crippen LogP contribution in [-0.2, 0) is 6.42 Å². The fraction of sp³-hybridized carbons (Fsp3) is 0.250. The molecule has 1 aromatic heterocycles. The van der Waals surface area contributed by atoms with E-state index in [1.54, 1.807) is 0 Å². The second kappa shape index (κ2) is 4.51. The largest absolute Gasteiger partial charge is 0.454 e. The van der Waals surface area contributed by atoms with Crippen LogP contribution in [0.2, 0.25) is 5.15 Å². The summed E-state index contributed by atoms with van der Waals surface area (Å²) in [7, 11) is 0. The van der Waals surface area contributed by atoms with Crippen LogP contribution in [0.3, 0.4) is 0 Å². The highest BCUT2D eigenvalue weighted by Crippen LogP contribution is 2.37. The summed E-state index contributed by atoms with van der Waals surface area (Å²) < 4.78 is 10.6. The average molecular weight is 266 g/mol. The number of nitrogens with zero attached hydrogens (tertiary/aromatic N) is 1. The van der Waals surface area contributed by atoms with Crippen molar-refractivity contribution in [1.29, 1.82) is 0 Å². The standard InChI is InChI=1S/C12H12ClN3O2/c13-12-11(15-10(16-12)3-4-14)7-1-2-8-9(5-7)18-6-17-8/h1-2,5H,3-4,6,14H2,(H,15,16). The summed E-state index contributed by atoms with van der Waals surface area (Å²) >= 11 is 6.14. The average Bonchev–Trinajstić information content (AvgIpc) is 2.95. The fourth-order valence-corrected chi connectivity index (χ4v) is 2.15. The van der Waals surface area contributed by atoms with E-state index in [1.165, 1.54) is 0 Å². The van der Waals surface area contributed by atoms with Gasteiger partial charge in [-0.1, -0.05) is 11.6 Å². The quantitative estimate of drug-likeness (QED) is 0.890. The SMILES string of the molecule is NCCc1nc(-c2ccc3c(c2)OCO3)c(Cl)[nH]1. The number of H-pyrrole nitrogens is 1. The molecule has 0 spiro atoms. The van der Waals surface area contributed by atoms with Crippen LogP contribution >= 0.6 is 11.6 Å². The topological polar surface area (TPSA) is 73.2 Å². The Balaban J connectivity index is 1.99. The van der Waals surface area contributed by atoms with E-state index in [0.29, 0.717) is 29.6 Å². The number of imidazole rings is 1. The van der Waals surface area contributed by atoms with Crippen LogP contribution in [0, 0.1) is 0 Å². The molecule has 0 saturated heterocycles. The third-order valence-corrected chi connectivity index (χ3v) is 3.01. The second-order valence-corrected chi connectivity index (χ2v) is 4.33. The molecule has 0 saturated carbocycles. The van der Waals surface area contributed by atoms with Gasteiger partial charge in [-0.3, -0.25) is 0 Å². The second-order valence-electron chi connectivity index (χ2n) is 3.95. The van der Waals surface area contributed by atoms with Crippen LogP contribution in [0.25, 0.3) is 11.3 Å². The van der Waals surface area contributed by atoms with Crippen LogP contribution in [0.15, 0.2) is 18.2 Å². The van der Waals surface area contributed by atoms with Crippen LogP contribution in [0.5, 0.6) is 11.5 Å². The molecule has 1 aliphatic rings. The molecule has 2 aromatic rings. The Morgan fingerprint density at radius 3 is 3.00 bits per heavy atom. The van der Waals surface area contributed by atoms with Crippen LogP contribution in [-0.4, -0.2) is 23.3 Å². The fourth-order valence-electron chi connectivity index (χ4n) is 1.89. The number of nitrogens with one attached hydrogen (secondary N) is 1. The lowest BCUT2D eigenvalue weighted by Gasteiger charge is -2.00. The van der Waals surface area contributed by atoms with Gasteiger partial charge in [0.25, 0.3) is 0 Å². The van der Waals surface area contributed by atoms with Gasteiger partial charge in [0, 0.05) is 12.0 Å². The van der Waals surface area contributed by atoms with Gasteiger partial charge in [0.1, 0.15) is 16.7 Å². The molecule has 3 N–H and O–H groups in total. The van der Waals surface area contributed by atoms with E-state index in [1.807, 2.05) is 18.2 Å². The van der Waals surface area contributed by atoms with E-state index in [0.717, 1.165) is 17.1 Å². The Morgan fingerprint density at radius 2 is 2.17 bits per heavy atom. The number of halogens is 1. The van der Waals surface area contributed by atoms with Crippen LogP contribution in [0.4, 0.5) is 0 Å². The predicted octanol–water partition coefficient (Wildman–Crippen LogP) is 1.96. The number of ether oxygens (including phenoxy) is 2. The third kappa shape index (κ3) is 1.91. The predicted molar refractivity (Wildman–Crippen MR) is 67.9 cm³/mol. The Kier molecular flexibility index (Phi) is 2.85. The van der Waals surface area contributed by atoms with Gasteiger partial charge >= 0.3 is 0 Å². The monoisotopic (exact) mass is 265 g/mol. The first kappa shape index (κ1) is 11.4. The van der Waals surface area contributed by atoms with Gasteiger partial charge in [-0.2, -0.15) is 0 Å². The van der Waals surface area contributed by atoms with Crippen molar-refractivity contribution in [2.24, 2.45) is 5.73 Å². The molecule has 94 valence electrons. The summed E-state index contributed by atoms with van der Waals surface area (Å²) in [5, 5.41) is 0.511. The number of rotatable bonds is 3. The smallest absolute Gasteiger partial charge is 0.231 e. The van der Waals surface area contributed by atoms with Crippen molar-refractivity contribution < 1.29 is 9.47 Å². The lowest BCUT2D eigenvalue weighted by atomic mass is 10.1. The molecule has 0 radical (unpaired) electrons. The molecule has 0 unspecified atom stereocenters. The minimum absolute atomic E-state index is 0.255. The Hall–Kier alpha value is -1.72. The van der Waals surface area contributed by atoms with Gasteiger partial charge in [-0.25, -0.2) is 4.98 Å². The maximum atomic E-state index is 6.14. The van der Waals surface area contributed by atoms with Crippen molar-refractivity contribution in [3.63, 3.8) is 0 Å². The molecular weight excluding hydrogens is 254 g/mol. The van der Waals surface area contributed by atoms with Gasteiger partial charge in [0.2, 0.25) is 6.79 Å². The number of nitrogens with two attached hydrogens (primary N) is 1. The van der Waals surface area contributed by atoms with Crippen molar-refractivity contribution >= 4 is 11.6 Å². The third-order valence-electron chi connectivity index (χ3n) is 2.74. The van der Waals surface area contributed by atoms with Crippen molar-refractivity contribution in [2.45, 2.75) is 6.42 Å². The molecule has 6 heteroatoms. The van der Waals surface area contributed by atoms with Gasteiger partial charge in [-0.05, 0) is 24.7 Å². The highest BCUT2D eigenvalue weighted by Gasteiger charge is 2.17. The molecule has 0 aliphatic carbocycles. The lowest BCUT2D eigenvalue weighted by Crippen LogP contribution is -2.03. The van der Waals surface area contributed by atoms with Crippen LogP contribution in [0.1, 0.15) is 5.82 Å². The molecule has 2 heterocycles. The van der Waals surface area contributed by atoms with Gasteiger partial charge in [-0.15, -0.1) is 0 Å². The minimum Gasteiger partial charge on any atom is -0.454 e. The Morgan fingerprint density at radius 1 is 1.33 bits per heavy atom. The lowest BCUT2D eigenvalue weighted by molar-refractivity contribution is 0.174. The molecular formula is C12H12ClN3O2. The van der Waals surface area contributed by atoms with Gasteiger partial charge in [0.05, 0.1) is 0 Å². The van der Waals surface area contributed by atoms with Gasteiger partial charge in [0.15, 0.2) is 11.5 Å². The summed E-state index contributed by atoms with van der Waals surface area (Å²) in [4.78, 5) is 7.45. The Bertz CT molecular complexity index is 583. The summed E-state index contributed by atoms with van der Waals surface area (Å²) in [5.74, 6) is 2.25. The zero-order valence-corrected chi connectivity index (χ0v) is 10.3. The summed E-state index contributed by atoms with van der Waals surface area (Å²) in [5.41, 5.74) is 7.09. The van der Waals surface area contributed by atoms with E-state index in [4.69, 9.17) is 26.8 Å². The molecule has 1 aliphatic heterocycles. The molecule has 3 rings (SSSR count). The zero-order chi connectivity index (χ0) is 12.5. The summed E-state index contributed by atoms with van der Waals surface area (Å²) in [6.07, 6.45) is 0.671. The molecule has 5 nitrogen and oxygen atoms in total. The number of benzene rings is 1. The number of fused-ring (bicyclic) bond motifs is 1. The number of hydrogen-bond donors (Lipinski definition) is 2. The molecule has 1 aromatic carbocycles. The van der Waals surface area contributed by atoms with E-state index in [-0.39, 0.29) is 6.79 Å². The molecule has 0 amide bonds. The van der Waals surface area contributed by atoms with E-state index in [9.17, 15) is 0 Å². The summed E-state index contributed by atoms with van der Waals surface area (Å²) in [6, 6.07) is 5.63. The first-order chi connectivity index (χ1) is 8.78. The number of hydrogen-bond acceptors (Lipinski definition) is 4. The van der Waals surface area contributed by atoms with E-state index >= 15 is 0 Å². The molecule has 18 heavy (non-hydrogen) atoms. The first-order valence-corrected chi connectivity index (χ1v) is 6.00. The molecule has 0 fully saturated rings. The normalized spacial score (nSPS) is 13.0. The maximum Gasteiger partial charge on any atom is 0.231 e. The first-order valence-electron chi connectivity index (χ1n) is 5.62. The van der Waals surface area contributed by atoms with Crippen molar-refractivity contribution in [1.82, 2.24) is 9.97 Å². The van der Waals surface area contributed by atoms with Gasteiger partial charge < -0.3 is 20.2 Å². The van der Waals surface area contributed by atoms with Crippen molar-refractivity contribution in [3.8, 4) is 22.8 Å². The Labute approximate surface area is 109 Å². The number of aromatic nitrogens is 2. The van der Waals surface area contributed by atoms with E-state index in [2.05, 4.69) is 9.97 Å². The highest BCUT2D eigenvalue weighted by molar-refractivity contribution is 6.31.